The first-order valence-electron chi connectivity index (χ1n) is 8.36. The van der Waals surface area contributed by atoms with Crippen molar-refractivity contribution in [3.63, 3.8) is 0 Å². The molecule has 0 N–H and O–H groups in total. The molecule has 0 bridgehead atoms. The molecule has 0 unspecified atom stereocenters. The van der Waals surface area contributed by atoms with Gasteiger partial charge in [-0.25, -0.2) is 15.0 Å². The van der Waals surface area contributed by atoms with Crippen LogP contribution < -0.4 is 4.90 Å². The van der Waals surface area contributed by atoms with Gasteiger partial charge in [0.2, 0.25) is 5.95 Å². The van der Waals surface area contributed by atoms with E-state index in [0.717, 1.165) is 44.2 Å². The molecule has 3 rings (SSSR count). The molecule has 0 radical (unpaired) electrons. The summed E-state index contributed by atoms with van der Waals surface area (Å²) in [6.07, 6.45) is 8.85. The first-order chi connectivity index (χ1) is 11.2. The third-order valence-corrected chi connectivity index (χ3v) is 5.34. The Labute approximate surface area is 142 Å². The number of hydrogen-bond donors (Lipinski definition) is 0. The Bertz CT molecular complexity index is 604. The van der Waals surface area contributed by atoms with Crippen LogP contribution in [0.25, 0.3) is 0 Å². The van der Waals surface area contributed by atoms with Crippen LogP contribution in [0.2, 0.25) is 0 Å². The highest BCUT2D eigenvalue weighted by molar-refractivity contribution is 7.09. The van der Waals surface area contributed by atoms with E-state index in [1.807, 2.05) is 17.9 Å². The van der Waals surface area contributed by atoms with Crippen LogP contribution in [0.5, 0.6) is 0 Å². The zero-order valence-electron chi connectivity index (χ0n) is 14.0. The lowest BCUT2D eigenvalue weighted by Gasteiger charge is -2.26. The normalized spacial score (nSPS) is 15.3. The van der Waals surface area contributed by atoms with Gasteiger partial charge in [-0.3, -0.25) is 0 Å². The van der Waals surface area contributed by atoms with E-state index < -0.39 is 0 Å². The minimum Gasteiger partial charge on any atom is -0.341 e. The molecule has 3 heterocycles. The lowest BCUT2D eigenvalue weighted by Crippen LogP contribution is -2.31. The summed E-state index contributed by atoms with van der Waals surface area (Å²) in [5.41, 5.74) is 4.27. The first-order valence-corrected chi connectivity index (χ1v) is 9.24. The fourth-order valence-corrected chi connectivity index (χ4v) is 3.71. The maximum Gasteiger partial charge on any atom is 0.225 e. The van der Waals surface area contributed by atoms with Gasteiger partial charge in [0.05, 0.1) is 11.2 Å². The summed E-state index contributed by atoms with van der Waals surface area (Å²) >= 11 is 1.75. The molecule has 124 valence electrons. The molecule has 5 nitrogen and oxygen atoms in total. The van der Waals surface area contributed by atoms with Gasteiger partial charge in [0, 0.05) is 49.0 Å². The second kappa shape index (κ2) is 7.84. The number of aromatic nitrogens is 3. The molecule has 0 aliphatic carbocycles. The van der Waals surface area contributed by atoms with Crippen LogP contribution >= 0.6 is 11.3 Å². The summed E-state index contributed by atoms with van der Waals surface area (Å²) in [4.78, 5) is 19.4. The van der Waals surface area contributed by atoms with E-state index in [1.165, 1.54) is 29.7 Å². The molecule has 23 heavy (non-hydrogen) atoms. The Morgan fingerprint density at radius 3 is 2.52 bits per heavy atom. The van der Waals surface area contributed by atoms with Gasteiger partial charge < -0.3 is 9.80 Å². The van der Waals surface area contributed by atoms with E-state index in [9.17, 15) is 0 Å². The number of aryl methyl sites for hydroxylation is 1. The molecular weight excluding hydrogens is 306 g/mol. The topological polar surface area (TPSA) is 45.2 Å². The van der Waals surface area contributed by atoms with Crippen molar-refractivity contribution in [2.75, 3.05) is 31.6 Å². The van der Waals surface area contributed by atoms with Gasteiger partial charge in [-0.05, 0) is 39.7 Å². The van der Waals surface area contributed by atoms with Crippen molar-refractivity contribution in [2.45, 2.75) is 39.2 Å². The van der Waals surface area contributed by atoms with E-state index in [4.69, 9.17) is 0 Å². The average Bonchev–Trinajstić information content (AvgIpc) is 3.00. The number of anilines is 1. The number of piperidine rings is 1. The highest BCUT2D eigenvalue weighted by Crippen LogP contribution is 2.16. The molecule has 0 aromatic carbocycles. The summed E-state index contributed by atoms with van der Waals surface area (Å²) in [5.74, 6) is 0.886. The van der Waals surface area contributed by atoms with E-state index in [2.05, 4.69) is 38.7 Å². The molecule has 1 aliphatic heterocycles. The van der Waals surface area contributed by atoms with Crippen molar-refractivity contribution in [3.8, 4) is 0 Å². The maximum atomic E-state index is 4.56. The second-order valence-electron chi connectivity index (χ2n) is 6.29. The lowest BCUT2D eigenvalue weighted by molar-refractivity contribution is 0.331. The predicted molar refractivity (Wildman–Crippen MR) is 95.0 cm³/mol. The van der Waals surface area contributed by atoms with E-state index in [-0.39, 0.29) is 0 Å². The van der Waals surface area contributed by atoms with Crippen LogP contribution in [0.3, 0.4) is 0 Å². The minimum atomic E-state index is 0.886. The fraction of sp³-hybridized carbons (Fsp3) is 0.588. The number of thiazole rings is 1. The van der Waals surface area contributed by atoms with Crippen molar-refractivity contribution < 1.29 is 0 Å². The molecular formula is C17H25N5S. The van der Waals surface area contributed by atoms with Crippen LogP contribution in [0, 0.1) is 6.92 Å². The number of likely N-dealkylation sites (N-methyl/N-ethyl adjacent to an activating group) is 1. The van der Waals surface area contributed by atoms with E-state index in [0.29, 0.717) is 0 Å². The molecule has 2 aromatic rings. The molecule has 2 aromatic heterocycles. The predicted octanol–water partition coefficient (Wildman–Crippen LogP) is 2.91. The Balaban J connectivity index is 1.50. The van der Waals surface area contributed by atoms with Gasteiger partial charge in [0.25, 0.3) is 0 Å². The summed E-state index contributed by atoms with van der Waals surface area (Å²) in [7, 11) is 2.15. The van der Waals surface area contributed by atoms with Crippen molar-refractivity contribution >= 4 is 17.3 Å². The van der Waals surface area contributed by atoms with Gasteiger partial charge in [-0.15, -0.1) is 11.3 Å². The van der Waals surface area contributed by atoms with Crippen LogP contribution in [0.15, 0.2) is 17.9 Å². The van der Waals surface area contributed by atoms with Gasteiger partial charge in [0.1, 0.15) is 0 Å². The Morgan fingerprint density at radius 2 is 1.87 bits per heavy atom. The highest BCUT2D eigenvalue weighted by atomic mass is 32.1. The van der Waals surface area contributed by atoms with Crippen molar-refractivity contribution in [1.82, 2.24) is 19.9 Å². The zero-order valence-corrected chi connectivity index (χ0v) is 14.8. The van der Waals surface area contributed by atoms with Crippen molar-refractivity contribution in [3.05, 3.63) is 34.0 Å². The molecule has 1 aliphatic rings. The number of hydrogen-bond acceptors (Lipinski definition) is 6. The summed E-state index contributed by atoms with van der Waals surface area (Å²) < 4.78 is 0. The zero-order chi connectivity index (χ0) is 16.1. The molecule has 0 saturated carbocycles. The molecule has 0 atom stereocenters. The summed E-state index contributed by atoms with van der Waals surface area (Å²) in [6.45, 7) is 6.18. The van der Waals surface area contributed by atoms with Gasteiger partial charge in [-0.1, -0.05) is 0 Å². The third-order valence-electron chi connectivity index (χ3n) is 4.35. The molecule has 0 spiro atoms. The van der Waals surface area contributed by atoms with Gasteiger partial charge >= 0.3 is 0 Å². The first kappa shape index (κ1) is 16.3. The number of nitrogens with zero attached hydrogens (tertiary/aromatic N) is 5. The minimum absolute atomic E-state index is 0.886. The molecule has 1 fully saturated rings. The summed E-state index contributed by atoms with van der Waals surface area (Å²) in [5, 5.41) is 0. The Morgan fingerprint density at radius 1 is 1.13 bits per heavy atom. The smallest absolute Gasteiger partial charge is 0.225 e. The van der Waals surface area contributed by atoms with Crippen molar-refractivity contribution in [1.29, 1.82) is 0 Å². The quantitative estimate of drug-likeness (QED) is 0.814. The Hall–Kier alpha value is -1.53. The van der Waals surface area contributed by atoms with Crippen molar-refractivity contribution in [2.24, 2.45) is 0 Å². The van der Waals surface area contributed by atoms with E-state index in [1.54, 1.807) is 11.3 Å². The van der Waals surface area contributed by atoms with Gasteiger partial charge in [-0.2, -0.15) is 0 Å². The fourth-order valence-electron chi connectivity index (χ4n) is 2.94. The third kappa shape index (κ3) is 4.48. The lowest BCUT2D eigenvalue weighted by atomic mass is 10.1. The monoisotopic (exact) mass is 331 g/mol. The maximum absolute atomic E-state index is 4.56. The Kier molecular flexibility index (Phi) is 5.56. The summed E-state index contributed by atoms with van der Waals surface area (Å²) in [6, 6.07) is 0. The van der Waals surface area contributed by atoms with Crippen LogP contribution in [-0.4, -0.2) is 46.5 Å². The van der Waals surface area contributed by atoms with Crippen LogP contribution in [0.1, 0.15) is 35.4 Å². The molecule has 0 amide bonds. The number of rotatable bonds is 6. The van der Waals surface area contributed by atoms with Crippen LogP contribution in [-0.2, 0) is 13.0 Å². The SMILES string of the molecule is Cc1ncsc1CCN(C)Cc1cnc(N2CCCCC2)nc1. The van der Waals surface area contributed by atoms with Gasteiger partial charge in [0.15, 0.2) is 0 Å². The standard InChI is InChI=1S/C17H25N5S/c1-14-16(23-13-20-14)6-9-21(2)12-15-10-18-17(19-11-15)22-7-4-3-5-8-22/h10-11,13H,3-9,12H2,1-2H3. The highest BCUT2D eigenvalue weighted by Gasteiger charge is 2.13. The average molecular weight is 331 g/mol. The second-order valence-corrected chi connectivity index (χ2v) is 7.23. The molecule has 1 saturated heterocycles. The van der Waals surface area contributed by atoms with Crippen LogP contribution in [0.4, 0.5) is 5.95 Å². The molecule has 6 heteroatoms. The largest absolute Gasteiger partial charge is 0.341 e. The van der Waals surface area contributed by atoms with E-state index >= 15 is 0 Å².